The van der Waals surface area contributed by atoms with E-state index in [0.717, 1.165) is 18.6 Å². The highest BCUT2D eigenvalue weighted by Gasteiger charge is 2.32. The Labute approximate surface area is 103 Å². The molecule has 1 aromatic rings. The first kappa shape index (κ1) is 12.4. The SMILES string of the molecule is COc1ccccc1C1CC(N[C@H](C)CO)C1. The summed E-state index contributed by atoms with van der Waals surface area (Å²) in [6.07, 6.45) is 2.26. The van der Waals surface area contributed by atoms with Crippen molar-refractivity contribution < 1.29 is 9.84 Å². The van der Waals surface area contributed by atoms with E-state index in [1.807, 2.05) is 19.1 Å². The predicted octanol–water partition coefficient (Wildman–Crippen LogP) is 1.91. The highest BCUT2D eigenvalue weighted by molar-refractivity contribution is 5.37. The fraction of sp³-hybridized carbons (Fsp3) is 0.571. The molecule has 3 nitrogen and oxygen atoms in total. The first-order chi connectivity index (χ1) is 8.24. The molecular weight excluding hydrogens is 214 g/mol. The summed E-state index contributed by atoms with van der Waals surface area (Å²) in [7, 11) is 1.72. The maximum Gasteiger partial charge on any atom is 0.122 e. The number of para-hydroxylation sites is 1. The Hall–Kier alpha value is -1.06. The second-order valence-electron chi connectivity index (χ2n) is 4.86. The lowest BCUT2D eigenvalue weighted by Gasteiger charge is -2.38. The Morgan fingerprint density at radius 2 is 2.12 bits per heavy atom. The van der Waals surface area contributed by atoms with E-state index in [9.17, 15) is 0 Å². The van der Waals surface area contributed by atoms with Crippen LogP contribution in [0.25, 0.3) is 0 Å². The van der Waals surface area contributed by atoms with Crippen LogP contribution in [0.1, 0.15) is 31.2 Å². The van der Waals surface area contributed by atoms with Gasteiger partial charge < -0.3 is 15.2 Å². The molecule has 0 heterocycles. The van der Waals surface area contributed by atoms with Crippen molar-refractivity contribution in [1.82, 2.24) is 5.32 Å². The highest BCUT2D eigenvalue weighted by atomic mass is 16.5. The van der Waals surface area contributed by atoms with Gasteiger partial charge in [-0.3, -0.25) is 0 Å². The van der Waals surface area contributed by atoms with E-state index in [1.165, 1.54) is 5.56 Å². The summed E-state index contributed by atoms with van der Waals surface area (Å²) in [5.41, 5.74) is 1.31. The summed E-state index contributed by atoms with van der Waals surface area (Å²) in [6, 6.07) is 8.96. The van der Waals surface area contributed by atoms with Crippen molar-refractivity contribution in [3.05, 3.63) is 29.8 Å². The van der Waals surface area contributed by atoms with E-state index in [-0.39, 0.29) is 12.6 Å². The van der Waals surface area contributed by atoms with Gasteiger partial charge in [0.05, 0.1) is 13.7 Å². The minimum absolute atomic E-state index is 0.193. The zero-order chi connectivity index (χ0) is 12.3. The third-order valence-electron chi connectivity index (χ3n) is 3.51. The number of hydrogen-bond donors (Lipinski definition) is 2. The third kappa shape index (κ3) is 2.79. The molecule has 1 atom stereocenters. The Morgan fingerprint density at radius 1 is 1.41 bits per heavy atom. The molecule has 1 aliphatic carbocycles. The van der Waals surface area contributed by atoms with Crippen LogP contribution in [0.15, 0.2) is 24.3 Å². The van der Waals surface area contributed by atoms with Crippen molar-refractivity contribution in [2.75, 3.05) is 13.7 Å². The van der Waals surface area contributed by atoms with E-state index in [1.54, 1.807) is 7.11 Å². The maximum absolute atomic E-state index is 8.99. The lowest BCUT2D eigenvalue weighted by atomic mass is 9.75. The van der Waals surface area contributed by atoms with Crippen LogP contribution < -0.4 is 10.1 Å². The summed E-state index contributed by atoms with van der Waals surface area (Å²) in [6.45, 7) is 2.21. The van der Waals surface area contributed by atoms with Crippen LogP contribution >= 0.6 is 0 Å². The molecule has 0 bridgehead atoms. The van der Waals surface area contributed by atoms with Crippen molar-refractivity contribution >= 4 is 0 Å². The van der Waals surface area contributed by atoms with Crippen molar-refractivity contribution in [1.29, 1.82) is 0 Å². The summed E-state index contributed by atoms with van der Waals surface area (Å²) in [5, 5.41) is 12.4. The third-order valence-corrected chi connectivity index (χ3v) is 3.51. The number of nitrogens with one attached hydrogen (secondary N) is 1. The number of benzene rings is 1. The summed E-state index contributed by atoms with van der Waals surface area (Å²) in [5.74, 6) is 1.58. The second-order valence-corrected chi connectivity index (χ2v) is 4.86. The van der Waals surface area contributed by atoms with Gasteiger partial charge in [-0.2, -0.15) is 0 Å². The molecule has 0 aliphatic heterocycles. The predicted molar refractivity (Wildman–Crippen MR) is 68.4 cm³/mol. The molecule has 0 aromatic heterocycles. The van der Waals surface area contributed by atoms with Crippen LogP contribution in [0.5, 0.6) is 5.75 Å². The zero-order valence-corrected chi connectivity index (χ0v) is 10.5. The average Bonchev–Trinajstić information content (AvgIpc) is 2.33. The van der Waals surface area contributed by atoms with Gasteiger partial charge in [0.15, 0.2) is 0 Å². The number of ether oxygens (including phenoxy) is 1. The normalized spacial score (nSPS) is 25.1. The molecule has 0 spiro atoms. The number of hydrogen-bond acceptors (Lipinski definition) is 3. The van der Waals surface area contributed by atoms with Crippen molar-refractivity contribution in [2.24, 2.45) is 0 Å². The molecule has 94 valence electrons. The molecule has 1 aromatic carbocycles. The number of aliphatic hydroxyl groups is 1. The van der Waals surface area contributed by atoms with Crippen LogP contribution in [0.4, 0.5) is 0 Å². The molecule has 1 aliphatic rings. The smallest absolute Gasteiger partial charge is 0.122 e. The van der Waals surface area contributed by atoms with E-state index in [2.05, 4.69) is 17.4 Å². The molecule has 0 unspecified atom stereocenters. The van der Waals surface area contributed by atoms with Crippen LogP contribution in [-0.2, 0) is 0 Å². The van der Waals surface area contributed by atoms with E-state index in [0.29, 0.717) is 12.0 Å². The van der Waals surface area contributed by atoms with E-state index < -0.39 is 0 Å². The van der Waals surface area contributed by atoms with Crippen molar-refractivity contribution in [3.63, 3.8) is 0 Å². The Kier molecular flexibility index (Phi) is 4.02. The Balaban J connectivity index is 1.90. The van der Waals surface area contributed by atoms with Gasteiger partial charge in [0, 0.05) is 12.1 Å². The van der Waals surface area contributed by atoms with Gasteiger partial charge in [-0.05, 0) is 37.3 Å². The molecule has 17 heavy (non-hydrogen) atoms. The first-order valence-electron chi connectivity index (χ1n) is 6.24. The van der Waals surface area contributed by atoms with Crippen LogP contribution in [0, 0.1) is 0 Å². The van der Waals surface area contributed by atoms with Crippen LogP contribution in [-0.4, -0.2) is 30.9 Å². The van der Waals surface area contributed by atoms with E-state index >= 15 is 0 Å². The molecule has 1 fully saturated rings. The molecule has 1 saturated carbocycles. The van der Waals surface area contributed by atoms with Crippen molar-refractivity contribution in [2.45, 2.75) is 37.8 Å². The minimum Gasteiger partial charge on any atom is -0.496 e. The maximum atomic E-state index is 8.99. The van der Waals surface area contributed by atoms with Gasteiger partial charge in [0.2, 0.25) is 0 Å². The number of methoxy groups -OCH3 is 1. The largest absolute Gasteiger partial charge is 0.496 e. The second kappa shape index (κ2) is 5.52. The fourth-order valence-corrected chi connectivity index (χ4v) is 2.47. The lowest BCUT2D eigenvalue weighted by Crippen LogP contribution is -2.45. The Morgan fingerprint density at radius 3 is 2.76 bits per heavy atom. The quantitative estimate of drug-likeness (QED) is 0.819. The van der Waals surface area contributed by atoms with Gasteiger partial charge in [0.1, 0.15) is 5.75 Å². The highest BCUT2D eigenvalue weighted by Crippen LogP contribution is 2.40. The molecule has 0 amide bonds. The van der Waals surface area contributed by atoms with Gasteiger partial charge >= 0.3 is 0 Å². The molecule has 2 rings (SSSR count). The topological polar surface area (TPSA) is 41.5 Å². The number of aliphatic hydroxyl groups excluding tert-OH is 1. The summed E-state index contributed by atoms with van der Waals surface area (Å²) >= 11 is 0. The van der Waals surface area contributed by atoms with Gasteiger partial charge in [0.25, 0.3) is 0 Å². The minimum atomic E-state index is 0.193. The molecule has 0 radical (unpaired) electrons. The molecule has 2 N–H and O–H groups in total. The van der Waals surface area contributed by atoms with E-state index in [4.69, 9.17) is 9.84 Å². The standard InChI is InChI=1S/C14H21NO2/c1-10(9-16)15-12-7-11(8-12)13-5-3-4-6-14(13)17-2/h3-6,10-12,15-16H,7-9H2,1-2H3/t10-,11?,12?/m1/s1. The monoisotopic (exact) mass is 235 g/mol. The molecular formula is C14H21NO2. The van der Waals surface area contributed by atoms with Gasteiger partial charge in [-0.25, -0.2) is 0 Å². The fourth-order valence-electron chi connectivity index (χ4n) is 2.47. The number of rotatable bonds is 5. The van der Waals surface area contributed by atoms with Gasteiger partial charge in [-0.1, -0.05) is 18.2 Å². The van der Waals surface area contributed by atoms with Crippen molar-refractivity contribution in [3.8, 4) is 5.75 Å². The average molecular weight is 235 g/mol. The molecule has 0 saturated heterocycles. The first-order valence-corrected chi connectivity index (χ1v) is 6.24. The Bertz CT molecular complexity index is 361. The summed E-state index contributed by atoms with van der Waals surface area (Å²) < 4.78 is 5.38. The molecule has 3 heteroatoms. The van der Waals surface area contributed by atoms with Gasteiger partial charge in [-0.15, -0.1) is 0 Å². The summed E-state index contributed by atoms with van der Waals surface area (Å²) in [4.78, 5) is 0. The van der Waals surface area contributed by atoms with Crippen LogP contribution in [0.2, 0.25) is 0 Å². The zero-order valence-electron chi connectivity index (χ0n) is 10.5. The lowest BCUT2D eigenvalue weighted by molar-refractivity contribution is 0.203. The van der Waals surface area contributed by atoms with Crippen LogP contribution in [0.3, 0.4) is 0 Å².